The summed E-state index contributed by atoms with van der Waals surface area (Å²) in [6.45, 7) is 4.70. The monoisotopic (exact) mass is 826 g/mol. The third-order valence-corrected chi connectivity index (χ3v) is 10.9. The zero-order valence-electron chi connectivity index (χ0n) is 32.3. The maximum atomic E-state index is 13.5. The molecule has 0 atom stereocenters. The van der Waals surface area contributed by atoms with Crippen LogP contribution in [-0.2, 0) is 12.4 Å². The van der Waals surface area contributed by atoms with Crippen molar-refractivity contribution in [2.45, 2.75) is 63.7 Å². The van der Waals surface area contributed by atoms with E-state index in [1.54, 1.807) is 66.1 Å². The van der Waals surface area contributed by atoms with Gasteiger partial charge in [0.25, 0.3) is 11.8 Å². The molecule has 0 saturated carbocycles. The van der Waals surface area contributed by atoms with Crippen molar-refractivity contribution in [2.24, 2.45) is 0 Å². The van der Waals surface area contributed by atoms with Crippen LogP contribution in [0.4, 0.5) is 26.3 Å². The first-order chi connectivity index (χ1) is 28.5. The molecule has 2 saturated heterocycles. The Kier molecular flexibility index (Phi) is 11.3. The Labute approximate surface area is 339 Å². The van der Waals surface area contributed by atoms with Gasteiger partial charge < -0.3 is 9.80 Å². The van der Waals surface area contributed by atoms with Crippen molar-refractivity contribution in [3.8, 4) is 12.1 Å². The van der Waals surface area contributed by atoms with Crippen molar-refractivity contribution in [3.63, 3.8) is 0 Å². The molecule has 2 aliphatic rings. The molecule has 12 nitrogen and oxygen atoms in total. The normalized spacial score (nSPS) is 15.4. The van der Waals surface area contributed by atoms with Crippen molar-refractivity contribution < 1.29 is 35.9 Å². The second-order valence-electron chi connectivity index (χ2n) is 14.9. The predicted molar refractivity (Wildman–Crippen MR) is 204 cm³/mol. The summed E-state index contributed by atoms with van der Waals surface area (Å²) in [7, 11) is 0. The quantitative estimate of drug-likeness (QED) is 0.163. The van der Waals surface area contributed by atoms with E-state index in [1.807, 2.05) is 12.1 Å². The van der Waals surface area contributed by atoms with Crippen LogP contribution < -0.4 is 0 Å². The Bertz CT molecular complexity index is 2670. The van der Waals surface area contributed by atoms with E-state index in [-0.39, 0.29) is 40.9 Å². The predicted octanol–water partition coefficient (Wildman–Crippen LogP) is 7.90. The fourth-order valence-corrected chi connectivity index (χ4v) is 7.83. The maximum absolute atomic E-state index is 13.5. The number of carbonyl (C=O) groups excluding carboxylic acids is 2. The highest BCUT2D eigenvalue weighted by Crippen LogP contribution is 2.41. The van der Waals surface area contributed by atoms with E-state index in [0.29, 0.717) is 85.4 Å². The summed E-state index contributed by atoms with van der Waals surface area (Å²) in [5, 5.41) is 33.9. The first-order valence-electron chi connectivity index (χ1n) is 19.0. The van der Waals surface area contributed by atoms with E-state index in [1.165, 1.54) is 33.3 Å². The summed E-state index contributed by atoms with van der Waals surface area (Å²) >= 11 is 0. The molecule has 6 aromatic rings. The fraction of sp³-hybridized carbons (Fsp3) is 0.333. The Hall–Kier alpha value is -6.82. The van der Waals surface area contributed by atoms with Gasteiger partial charge in [0, 0.05) is 38.6 Å². The number of pyridine rings is 2. The number of nitrogens with zero attached hydrogens (tertiary/aromatic N) is 10. The molecule has 0 radical (unpaired) electrons. The van der Waals surface area contributed by atoms with E-state index in [2.05, 4.69) is 20.4 Å². The molecular formula is C42H36F6N10O2. The lowest BCUT2D eigenvalue weighted by molar-refractivity contribution is -0.139. The average Bonchev–Trinajstić information content (AvgIpc) is 3.86. The van der Waals surface area contributed by atoms with Crippen LogP contribution in [0.15, 0.2) is 73.1 Å². The minimum Gasteiger partial charge on any atom is -0.336 e. The number of likely N-dealkylation sites (tertiary alicyclic amines) is 2. The van der Waals surface area contributed by atoms with Gasteiger partial charge in [-0.25, -0.2) is 0 Å². The van der Waals surface area contributed by atoms with Crippen molar-refractivity contribution in [2.75, 3.05) is 26.2 Å². The van der Waals surface area contributed by atoms with Gasteiger partial charge >= 0.3 is 12.4 Å². The molecule has 2 amide bonds. The molecular weight excluding hydrogens is 791 g/mol. The van der Waals surface area contributed by atoms with Crippen LogP contribution in [-0.4, -0.2) is 77.0 Å². The zero-order chi connectivity index (χ0) is 42.9. The summed E-state index contributed by atoms with van der Waals surface area (Å²) in [6, 6.07) is 19.0. The van der Waals surface area contributed by atoms with Crippen LogP contribution in [0.1, 0.15) is 103 Å². The van der Waals surface area contributed by atoms with Crippen LogP contribution in [0.5, 0.6) is 0 Å². The number of amides is 2. The number of hydrogen-bond donors (Lipinski definition) is 0. The van der Waals surface area contributed by atoms with Gasteiger partial charge in [-0.05, 0) is 98.9 Å². The molecule has 8 rings (SSSR count). The van der Waals surface area contributed by atoms with Crippen molar-refractivity contribution >= 4 is 23.1 Å². The summed E-state index contributed by atoms with van der Waals surface area (Å²) in [5.74, 6) is -1.07. The van der Waals surface area contributed by atoms with Gasteiger partial charge in [-0.3, -0.25) is 18.4 Å². The highest BCUT2D eigenvalue weighted by atomic mass is 19.4. The fourth-order valence-electron chi connectivity index (χ4n) is 7.83. The van der Waals surface area contributed by atoms with E-state index in [9.17, 15) is 35.9 Å². The molecule has 4 aromatic heterocycles. The molecule has 18 heteroatoms. The Balaban J connectivity index is 0.000000181. The average molecular weight is 827 g/mol. The number of rotatable bonds is 4. The lowest BCUT2D eigenvalue weighted by Crippen LogP contribution is -2.39. The molecule has 0 aliphatic carbocycles. The largest absolute Gasteiger partial charge is 0.416 e. The molecule has 308 valence electrons. The molecule has 0 bridgehead atoms. The minimum absolute atomic E-state index is 0.0897. The number of halogens is 6. The SMILES string of the molecule is Cc1ccc(C(F)(F)F)c(C2CCN(C(=O)c3nnc4ccc(C#N)cn34)CC2)c1.Cc1ccc(C2CCN(C(=O)c3nnc4ccc(C#N)cn34)CC2)c(C(F)(F)F)c1. The van der Waals surface area contributed by atoms with Crippen molar-refractivity contribution in [1.82, 2.24) is 39.0 Å². The standard InChI is InChI=1S/2C21H18F3N5O/c1-13-2-4-17(21(22,23)24)16(10-13)15-6-8-28(9-7-15)20(30)19-27-26-18-5-3-14(11-25)12-29(18)19;1-13-2-4-16(17(10-13)21(22,23)24)15-6-8-28(9-7-15)20(30)19-27-26-18-5-3-14(11-25)12-29(18)19/h2*2-5,10,12,15H,6-9H2,1H3. The topological polar surface area (TPSA) is 149 Å². The lowest BCUT2D eigenvalue weighted by atomic mass is 9.85. The molecule has 2 aliphatic heterocycles. The first kappa shape index (κ1) is 41.3. The van der Waals surface area contributed by atoms with Crippen LogP contribution in [0.25, 0.3) is 11.3 Å². The van der Waals surface area contributed by atoms with E-state index in [4.69, 9.17) is 10.5 Å². The highest BCUT2D eigenvalue weighted by Gasteiger charge is 2.38. The number of alkyl halides is 6. The van der Waals surface area contributed by atoms with Crippen LogP contribution in [0, 0.1) is 36.5 Å². The smallest absolute Gasteiger partial charge is 0.336 e. The summed E-state index contributed by atoms with van der Waals surface area (Å²) in [6.07, 6.45) is -4.11. The Morgan fingerprint density at radius 1 is 0.583 bits per heavy atom. The summed E-state index contributed by atoms with van der Waals surface area (Å²) < 4.78 is 83.7. The van der Waals surface area contributed by atoms with Crippen LogP contribution in [0.2, 0.25) is 0 Å². The molecule has 60 heavy (non-hydrogen) atoms. The van der Waals surface area contributed by atoms with Gasteiger partial charge in [0.15, 0.2) is 11.3 Å². The number of aryl methyl sites for hydroxylation is 2. The van der Waals surface area contributed by atoms with Gasteiger partial charge in [0.1, 0.15) is 12.1 Å². The molecule has 2 fully saturated rings. The number of piperidine rings is 2. The maximum Gasteiger partial charge on any atom is 0.416 e. The number of hydrogen-bond acceptors (Lipinski definition) is 8. The van der Waals surface area contributed by atoms with Gasteiger partial charge in [-0.15, -0.1) is 20.4 Å². The second kappa shape index (κ2) is 16.4. The number of fused-ring (bicyclic) bond motifs is 2. The van der Waals surface area contributed by atoms with E-state index < -0.39 is 23.5 Å². The van der Waals surface area contributed by atoms with E-state index in [0.717, 1.165) is 11.6 Å². The van der Waals surface area contributed by atoms with Crippen molar-refractivity contribution in [1.29, 1.82) is 10.5 Å². The van der Waals surface area contributed by atoms with Crippen LogP contribution >= 0.6 is 0 Å². The third-order valence-electron chi connectivity index (χ3n) is 10.9. The Morgan fingerprint density at radius 2 is 1.02 bits per heavy atom. The van der Waals surface area contributed by atoms with Gasteiger partial charge in [-0.2, -0.15) is 36.9 Å². The number of nitriles is 2. The van der Waals surface area contributed by atoms with Crippen molar-refractivity contribution in [3.05, 3.63) is 129 Å². The number of benzene rings is 2. The highest BCUT2D eigenvalue weighted by molar-refractivity contribution is 5.92. The molecule has 6 heterocycles. The molecule has 2 aromatic carbocycles. The van der Waals surface area contributed by atoms with Gasteiger partial charge in [0.2, 0.25) is 11.6 Å². The molecule has 0 unspecified atom stereocenters. The van der Waals surface area contributed by atoms with Gasteiger partial charge in [-0.1, -0.05) is 35.4 Å². The van der Waals surface area contributed by atoms with Gasteiger partial charge in [0.05, 0.1) is 22.3 Å². The zero-order valence-corrected chi connectivity index (χ0v) is 32.3. The lowest BCUT2D eigenvalue weighted by Gasteiger charge is -2.33. The molecule has 0 spiro atoms. The number of aromatic nitrogens is 6. The molecule has 0 N–H and O–H groups in total. The van der Waals surface area contributed by atoms with Crippen LogP contribution in [0.3, 0.4) is 0 Å². The minimum atomic E-state index is -4.41. The van der Waals surface area contributed by atoms with E-state index >= 15 is 0 Å². The third kappa shape index (κ3) is 8.49. The summed E-state index contributed by atoms with van der Waals surface area (Å²) in [5.41, 5.74) is 2.35. The number of carbonyl (C=O) groups is 2. The summed E-state index contributed by atoms with van der Waals surface area (Å²) in [4.78, 5) is 29.0. The first-order valence-corrected chi connectivity index (χ1v) is 19.0. The Morgan fingerprint density at radius 3 is 1.47 bits per heavy atom. The second-order valence-corrected chi connectivity index (χ2v) is 14.9.